The first-order valence-corrected chi connectivity index (χ1v) is 7.08. The molecule has 0 spiro atoms. The zero-order valence-corrected chi connectivity index (χ0v) is 13.0. The first-order valence-electron chi connectivity index (χ1n) is 6.32. The molecule has 0 heterocycles. The highest BCUT2D eigenvalue weighted by atomic mass is 35.5. The van der Waals surface area contributed by atoms with Crippen LogP contribution in [0.25, 0.3) is 0 Å². The van der Waals surface area contributed by atoms with E-state index >= 15 is 0 Å². The van der Waals surface area contributed by atoms with E-state index in [2.05, 4.69) is 5.32 Å². The van der Waals surface area contributed by atoms with Gasteiger partial charge in [-0.15, -0.1) is 0 Å². The van der Waals surface area contributed by atoms with Crippen LogP contribution in [0.2, 0.25) is 0 Å². The molecular weight excluding hydrogens is 315 g/mol. The lowest BCUT2D eigenvalue weighted by atomic mass is 10.1. The Bertz CT molecular complexity index is 624. The Morgan fingerprint density at radius 1 is 1.38 bits per heavy atom. The molecule has 1 aliphatic rings. The minimum atomic E-state index is -0.527. The normalized spacial score (nSPS) is 22.3. The van der Waals surface area contributed by atoms with Gasteiger partial charge in [0.2, 0.25) is 5.91 Å². The highest BCUT2D eigenvalue weighted by Gasteiger charge is 2.60. The fraction of sp³-hybridized carbons (Fsp3) is 0.357. The summed E-state index contributed by atoms with van der Waals surface area (Å²) in [5.74, 6) is -0.666. The van der Waals surface area contributed by atoms with Gasteiger partial charge >= 0.3 is 0 Å². The molecule has 5 nitrogen and oxygen atoms in total. The number of benzene rings is 1. The molecule has 112 valence electrons. The molecule has 0 aromatic heterocycles. The van der Waals surface area contributed by atoms with Crippen molar-refractivity contribution < 1.29 is 9.72 Å². The zero-order valence-electron chi connectivity index (χ0n) is 11.5. The Kier molecular flexibility index (Phi) is 4.25. The maximum atomic E-state index is 12.3. The number of para-hydroxylation sites is 2. The summed E-state index contributed by atoms with van der Waals surface area (Å²) >= 11 is 11.3. The second kappa shape index (κ2) is 5.66. The number of hydrogen-bond donors (Lipinski definition) is 1. The van der Waals surface area contributed by atoms with E-state index in [9.17, 15) is 14.9 Å². The first-order chi connectivity index (χ1) is 9.75. The molecule has 2 atom stereocenters. The molecule has 1 N–H and O–H groups in total. The summed E-state index contributed by atoms with van der Waals surface area (Å²) in [5.41, 5.74) is -0.218. The molecule has 1 amide bonds. The lowest BCUT2D eigenvalue weighted by molar-refractivity contribution is -0.383. The number of carbonyl (C=O) groups is 1. The summed E-state index contributed by atoms with van der Waals surface area (Å²) in [6.45, 7) is 3.85. The molecule has 1 aromatic rings. The van der Waals surface area contributed by atoms with Crippen LogP contribution in [-0.4, -0.2) is 10.8 Å². The van der Waals surface area contributed by atoms with Crippen LogP contribution < -0.4 is 5.32 Å². The lowest BCUT2D eigenvalue weighted by Crippen LogP contribution is -2.17. The zero-order chi connectivity index (χ0) is 15.8. The van der Waals surface area contributed by atoms with E-state index in [0.717, 1.165) is 0 Å². The van der Waals surface area contributed by atoms with Crippen molar-refractivity contribution in [1.82, 2.24) is 0 Å². The minimum Gasteiger partial charge on any atom is -0.320 e. The van der Waals surface area contributed by atoms with Crippen molar-refractivity contribution in [2.75, 3.05) is 5.32 Å². The molecule has 21 heavy (non-hydrogen) atoms. The fourth-order valence-corrected chi connectivity index (χ4v) is 2.85. The maximum absolute atomic E-state index is 12.3. The third-order valence-electron chi connectivity index (χ3n) is 3.86. The number of nitrogens with one attached hydrogen (secondary N) is 1. The number of rotatable bonds is 4. The van der Waals surface area contributed by atoms with Crippen molar-refractivity contribution in [3.05, 3.63) is 44.9 Å². The van der Waals surface area contributed by atoms with E-state index in [1.54, 1.807) is 18.2 Å². The smallest absolute Gasteiger partial charge is 0.292 e. The van der Waals surface area contributed by atoms with E-state index in [0.29, 0.717) is 0 Å². The molecule has 0 radical (unpaired) electrons. The van der Waals surface area contributed by atoms with Gasteiger partial charge in [0.15, 0.2) is 0 Å². The first kappa shape index (κ1) is 15.8. The van der Waals surface area contributed by atoms with E-state index in [-0.39, 0.29) is 39.0 Å². The van der Waals surface area contributed by atoms with Crippen molar-refractivity contribution in [2.45, 2.75) is 13.8 Å². The molecule has 0 unspecified atom stereocenters. The SMILES string of the molecule is CC1(C)[C@@H](C=C(Cl)Cl)[C@@H]1C(=O)Nc1ccccc1[N+](=O)[O-]. The van der Waals surface area contributed by atoms with Gasteiger partial charge in [-0.25, -0.2) is 0 Å². The summed E-state index contributed by atoms with van der Waals surface area (Å²) in [6, 6.07) is 6.03. The largest absolute Gasteiger partial charge is 0.320 e. The number of allylic oxidation sites excluding steroid dienone is 1. The highest BCUT2D eigenvalue weighted by Crippen LogP contribution is 2.60. The Morgan fingerprint density at radius 3 is 2.57 bits per heavy atom. The van der Waals surface area contributed by atoms with Crippen LogP contribution in [0.5, 0.6) is 0 Å². The number of amides is 1. The molecule has 1 aromatic carbocycles. The van der Waals surface area contributed by atoms with Gasteiger partial charge in [0.1, 0.15) is 10.2 Å². The molecule has 1 saturated carbocycles. The second-order valence-electron chi connectivity index (χ2n) is 5.54. The van der Waals surface area contributed by atoms with E-state index in [1.165, 1.54) is 12.1 Å². The molecule has 0 bridgehead atoms. The van der Waals surface area contributed by atoms with Gasteiger partial charge in [-0.3, -0.25) is 14.9 Å². The average molecular weight is 329 g/mol. The maximum Gasteiger partial charge on any atom is 0.292 e. The van der Waals surface area contributed by atoms with Crippen LogP contribution in [-0.2, 0) is 4.79 Å². The van der Waals surface area contributed by atoms with Crippen molar-refractivity contribution >= 4 is 40.5 Å². The summed E-state index contributed by atoms with van der Waals surface area (Å²) in [7, 11) is 0. The molecular formula is C14H14Cl2N2O3. The van der Waals surface area contributed by atoms with Crippen LogP contribution >= 0.6 is 23.2 Å². The third-order valence-corrected chi connectivity index (χ3v) is 4.11. The van der Waals surface area contributed by atoms with Gasteiger partial charge in [-0.1, -0.05) is 49.2 Å². The number of nitrogens with zero attached hydrogens (tertiary/aromatic N) is 1. The Hall–Kier alpha value is -1.59. The van der Waals surface area contributed by atoms with Gasteiger partial charge in [-0.2, -0.15) is 0 Å². The quantitative estimate of drug-likeness (QED) is 0.667. The molecule has 0 saturated heterocycles. The number of nitro benzene ring substituents is 1. The van der Waals surface area contributed by atoms with E-state index in [4.69, 9.17) is 23.2 Å². The van der Waals surface area contributed by atoms with Crippen molar-refractivity contribution in [3.8, 4) is 0 Å². The lowest BCUT2D eigenvalue weighted by Gasteiger charge is -2.06. The number of hydrogen-bond acceptors (Lipinski definition) is 3. The molecule has 1 fully saturated rings. The fourth-order valence-electron chi connectivity index (χ4n) is 2.57. The van der Waals surface area contributed by atoms with Gasteiger partial charge in [-0.05, 0) is 23.5 Å². The summed E-state index contributed by atoms with van der Waals surface area (Å²) < 4.78 is 0.120. The number of nitro groups is 1. The van der Waals surface area contributed by atoms with Gasteiger partial charge in [0, 0.05) is 6.07 Å². The van der Waals surface area contributed by atoms with Crippen molar-refractivity contribution in [1.29, 1.82) is 0 Å². The monoisotopic (exact) mass is 328 g/mol. The Morgan fingerprint density at radius 2 is 2.00 bits per heavy atom. The average Bonchev–Trinajstić information content (AvgIpc) is 2.90. The molecule has 7 heteroatoms. The summed E-state index contributed by atoms with van der Waals surface area (Å²) in [4.78, 5) is 22.7. The highest BCUT2D eigenvalue weighted by molar-refractivity contribution is 6.55. The number of carbonyl (C=O) groups excluding carboxylic acids is 1. The third kappa shape index (κ3) is 3.19. The Labute approximate surface area is 132 Å². The molecule has 1 aliphatic carbocycles. The standard InChI is InChI=1S/C14H14Cl2N2O3/c1-14(2)8(7-11(15)16)12(14)13(19)17-9-5-3-4-6-10(9)18(20)21/h3-8,12H,1-2H3,(H,17,19)/t8-,12+/m0/s1. The van der Waals surface area contributed by atoms with Crippen LogP contribution in [0.4, 0.5) is 11.4 Å². The van der Waals surface area contributed by atoms with Gasteiger partial charge in [0.05, 0.1) is 10.8 Å². The summed E-state index contributed by atoms with van der Waals surface area (Å²) in [6.07, 6.45) is 1.63. The van der Waals surface area contributed by atoms with Crippen LogP contribution in [0.3, 0.4) is 0 Å². The van der Waals surface area contributed by atoms with Crippen molar-refractivity contribution in [2.24, 2.45) is 17.3 Å². The predicted molar refractivity (Wildman–Crippen MR) is 82.3 cm³/mol. The number of anilines is 1. The molecule has 2 rings (SSSR count). The van der Waals surface area contributed by atoms with Crippen LogP contribution in [0.1, 0.15) is 13.8 Å². The van der Waals surface area contributed by atoms with E-state index in [1.807, 2.05) is 13.8 Å². The van der Waals surface area contributed by atoms with Crippen LogP contribution in [0, 0.1) is 27.4 Å². The number of halogens is 2. The van der Waals surface area contributed by atoms with E-state index < -0.39 is 4.92 Å². The predicted octanol–water partition coefficient (Wildman–Crippen LogP) is 4.12. The topological polar surface area (TPSA) is 72.2 Å². The van der Waals surface area contributed by atoms with Crippen LogP contribution in [0.15, 0.2) is 34.8 Å². The van der Waals surface area contributed by atoms with Crippen molar-refractivity contribution in [3.63, 3.8) is 0 Å². The van der Waals surface area contributed by atoms with Gasteiger partial charge < -0.3 is 5.32 Å². The van der Waals surface area contributed by atoms with Gasteiger partial charge in [0.25, 0.3) is 5.69 Å². The molecule has 0 aliphatic heterocycles. The Balaban J connectivity index is 2.17. The second-order valence-corrected chi connectivity index (χ2v) is 6.55. The minimum absolute atomic E-state index is 0.0785. The summed E-state index contributed by atoms with van der Waals surface area (Å²) in [5, 5.41) is 13.6.